The van der Waals surface area contributed by atoms with E-state index in [1.165, 1.54) is 10.7 Å². The molecule has 3 rings (SSSR count). The molecule has 1 N–H and O–H groups in total. The summed E-state index contributed by atoms with van der Waals surface area (Å²) in [6, 6.07) is 17.7. The quantitative estimate of drug-likeness (QED) is 0.665. The lowest BCUT2D eigenvalue weighted by molar-refractivity contribution is -0.120. The molecule has 0 radical (unpaired) electrons. The van der Waals surface area contributed by atoms with Gasteiger partial charge in [-0.2, -0.15) is 5.10 Å². The molecule has 1 aromatic heterocycles. The highest BCUT2D eigenvalue weighted by Gasteiger charge is 2.06. The van der Waals surface area contributed by atoms with Crippen molar-refractivity contribution in [1.29, 1.82) is 0 Å². The first-order valence-electron chi connectivity index (χ1n) is 8.79. The van der Waals surface area contributed by atoms with E-state index in [1.807, 2.05) is 36.4 Å². The number of rotatable bonds is 7. The van der Waals surface area contributed by atoms with E-state index in [9.17, 15) is 9.59 Å². The van der Waals surface area contributed by atoms with Crippen molar-refractivity contribution in [2.24, 2.45) is 0 Å². The van der Waals surface area contributed by atoms with Gasteiger partial charge < -0.3 is 10.1 Å². The van der Waals surface area contributed by atoms with Crippen LogP contribution in [0.3, 0.4) is 0 Å². The van der Waals surface area contributed by atoms with E-state index in [1.54, 1.807) is 25.3 Å². The lowest BCUT2D eigenvalue weighted by atomic mass is 10.1. The normalized spacial score (nSPS) is 10.5. The number of hydrogen-bond acceptors (Lipinski definition) is 4. The van der Waals surface area contributed by atoms with Gasteiger partial charge in [0.1, 0.15) is 5.75 Å². The summed E-state index contributed by atoms with van der Waals surface area (Å²) in [4.78, 5) is 24.1. The zero-order chi connectivity index (χ0) is 19.9. The molecule has 0 fully saturated rings. The van der Waals surface area contributed by atoms with Crippen molar-refractivity contribution in [3.63, 3.8) is 0 Å². The lowest BCUT2D eigenvalue weighted by Crippen LogP contribution is -2.32. The number of nitrogens with zero attached hydrogens (tertiary/aromatic N) is 2. The summed E-state index contributed by atoms with van der Waals surface area (Å²) in [7, 11) is 1.61. The molecule has 1 amide bonds. The standard InChI is InChI=1S/C21H20ClN3O3/c1-28-18-8-4-16(5-9-18)19-10-11-21(27)25(24-19)13-12-23-20(26)14-15-2-6-17(22)7-3-15/h2-11H,12-14H2,1H3,(H,23,26). The summed E-state index contributed by atoms with van der Waals surface area (Å²) < 4.78 is 6.50. The van der Waals surface area contributed by atoms with Gasteiger partial charge in [0.05, 0.1) is 25.8 Å². The van der Waals surface area contributed by atoms with Crippen LogP contribution in [0, 0.1) is 0 Å². The highest BCUT2D eigenvalue weighted by atomic mass is 35.5. The number of amides is 1. The molecule has 0 saturated heterocycles. The molecule has 0 saturated carbocycles. The van der Waals surface area contributed by atoms with E-state index in [2.05, 4.69) is 10.4 Å². The van der Waals surface area contributed by atoms with Gasteiger partial charge >= 0.3 is 0 Å². The minimum Gasteiger partial charge on any atom is -0.497 e. The Morgan fingerprint density at radius 3 is 2.46 bits per heavy atom. The Bertz CT molecular complexity index is 999. The maximum Gasteiger partial charge on any atom is 0.266 e. The van der Waals surface area contributed by atoms with Gasteiger partial charge in [-0.15, -0.1) is 0 Å². The first-order valence-corrected chi connectivity index (χ1v) is 9.17. The van der Waals surface area contributed by atoms with Crippen molar-refractivity contribution in [2.45, 2.75) is 13.0 Å². The molecule has 28 heavy (non-hydrogen) atoms. The van der Waals surface area contributed by atoms with Gasteiger partial charge in [-0.05, 0) is 48.0 Å². The smallest absolute Gasteiger partial charge is 0.266 e. The first kappa shape index (κ1) is 19.6. The number of aromatic nitrogens is 2. The first-order chi connectivity index (χ1) is 13.5. The monoisotopic (exact) mass is 397 g/mol. The average Bonchev–Trinajstić information content (AvgIpc) is 2.71. The Labute approximate surface area is 167 Å². The highest BCUT2D eigenvalue weighted by molar-refractivity contribution is 6.30. The number of halogens is 1. The number of carbonyl (C=O) groups excluding carboxylic acids is 1. The van der Waals surface area contributed by atoms with E-state index >= 15 is 0 Å². The van der Waals surface area contributed by atoms with Gasteiger partial charge in [0.25, 0.3) is 5.56 Å². The third kappa shape index (κ3) is 5.20. The number of nitrogens with one attached hydrogen (secondary N) is 1. The van der Waals surface area contributed by atoms with Gasteiger partial charge in [0.15, 0.2) is 0 Å². The number of carbonyl (C=O) groups is 1. The zero-order valence-electron chi connectivity index (χ0n) is 15.4. The number of benzene rings is 2. The molecule has 7 heteroatoms. The Kier molecular flexibility index (Phi) is 6.45. The Morgan fingerprint density at radius 2 is 1.79 bits per heavy atom. The minimum atomic E-state index is -0.218. The summed E-state index contributed by atoms with van der Waals surface area (Å²) in [5.41, 5.74) is 2.21. The molecule has 3 aromatic rings. The second-order valence-electron chi connectivity index (χ2n) is 6.16. The van der Waals surface area contributed by atoms with Gasteiger partial charge in [-0.3, -0.25) is 9.59 Å². The minimum absolute atomic E-state index is 0.123. The van der Waals surface area contributed by atoms with Gasteiger partial charge in [0, 0.05) is 23.2 Å². The summed E-state index contributed by atoms with van der Waals surface area (Å²) >= 11 is 5.84. The van der Waals surface area contributed by atoms with Crippen LogP contribution in [0.5, 0.6) is 5.75 Å². The van der Waals surface area contributed by atoms with Crippen LogP contribution in [0.4, 0.5) is 0 Å². The third-order valence-corrected chi connectivity index (χ3v) is 4.43. The Morgan fingerprint density at radius 1 is 1.07 bits per heavy atom. The molecular weight excluding hydrogens is 378 g/mol. The maximum atomic E-state index is 12.1. The third-order valence-electron chi connectivity index (χ3n) is 4.18. The predicted molar refractivity (Wildman–Crippen MR) is 109 cm³/mol. The number of ether oxygens (including phenoxy) is 1. The summed E-state index contributed by atoms with van der Waals surface area (Å²) in [6.07, 6.45) is 0.255. The van der Waals surface area contributed by atoms with E-state index in [-0.39, 0.29) is 24.4 Å². The molecule has 144 valence electrons. The molecular formula is C21H20ClN3O3. The Balaban J connectivity index is 1.59. The molecule has 0 aliphatic heterocycles. The van der Waals surface area contributed by atoms with E-state index in [4.69, 9.17) is 16.3 Å². The predicted octanol–water partition coefficient (Wildman–Crippen LogP) is 2.93. The number of methoxy groups -OCH3 is 1. The molecule has 6 nitrogen and oxygen atoms in total. The Hall–Kier alpha value is -3.12. The van der Waals surface area contributed by atoms with Gasteiger partial charge in [-0.25, -0.2) is 4.68 Å². The molecule has 2 aromatic carbocycles. The second kappa shape index (κ2) is 9.19. The summed E-state index contributed by atoms with van der Waals surface area (Å²) in [6.45, 7) is 0.598. The fourth-order valence-corrected chi connectivity index (χ4v) is 2.80. The van der Waals surface area contributed by atoms with Crippen LogP contribution in [0.1, 0.15) is 5.56 Å². The van der Waals surface area contributed by atoms with Gasteiger partial charge in [0.2, 0.25) is 5.91 Å². The van der Waals surface area contributed by atoms with Crippen LogP contribution in [0.2, 0.25) is 5.02 Å². The second-order valence-corrected chi connectivity index (χ2v) is 6.60. The molecule has 0 spiro atoms. The lowest BCUT2D eigenvalue weighted by Gasteiger charge is -2.09. The van der Waals surface area contributed by atoms with Crippen LogP contribution in [-0.4, -0.2) is 29.3 Å². The van der Waals surface area contributed by atoms with Crippen LogP contribution < -0.4 is 15.6 Å². The highest BCUT2D eigenvalue weighted by Crippen LogP contribution is 2.19. The van der Waals surface area contributed by atoms with Crippen LogP contribution in [0.15, 0.2) is 65.5 Å². The van der Waals surface area contributed by atoms with Crippen molar-refractivity contribution in [2.75, 3.05) is 13.7 Å². The summed E-state index contributed by atoms with van der Waals surface area (Å²) in [5.74, 6) is 0.627. The van der Waals surface area contributed by atoms with Crippen LogP contribution in [0.25, 0.3) is 11.3 Å². The topological polar surface area (TPSA) is 73.2 Å². The average molecular weight is 398 g/mol. The number of hydrogen-bond donors (Lipinski definition) is 1. The van der Waals surface area contributed by atoms with Crippen LogP contribution >= 0.6 is 11.6 Å². The molecule has 0 atom stereocenters. The van der Waals surface area contributed by atoms with Crippen molar-refractivity contribution in [3.8, 4) is 17.0 Å². The maximum absolute atomic E-state index is 12.1. The van der Waals surface area contributed by atoms with E-state index in [0.29, 0.717) is 17.3 Å². The van der Waals surface area contributed by atoms with Gasteiger partial charge in [-0.1, -0.05) is 23.7 Å². The van der Waals surface area contributed by atoms with Crippen molar-refractivity contribution < 1.29 is 9.53 Å². The summed E-state index contributed by atoms with van der Waals surface area (Å²) in [5, 5.41) is 7.82. The van der Waals surface area contributed by atoms with Crippen molar-refractivity contribution >= 4 is 17.5 Å². The molecule has 0 aliphatic rings. The van der Waals surface area contributed by atoms with E-state index < -0.39 is 0 Å². The molecule has 0 aliphatic carbocycles. The molecule has 1 heterocycles. The van der Waals surface area contributed by atoms with Crippen molar-refractivity contribution in [3.05, 3.63) is 81.6 Å². The molecule has 0 unspecified atom stereocenters. The molecule has 0 bridgehead atoms. The zero-order valence-corrected chi connectivity index (χ0v) is 16.1. The van der Waals surface area contributed by atoms with E-state index in [0.717, 1.165) is 16.9 Å². The SMILES string of the molecule is COc1ccc(-c2ccc(=O)n(CCNC(=O)Cc3ccc(Cl)cc3)n2)cc1. The van der Waals surface area contributed by atoms with Crippen molar-refractivity contribution in [1.82, 2.24) is 15.1 Å². The largest absolute Gasteiger partial charge is 0.497 e. The van der Waals surface area contributed by atoms with Crippen LogP contribution in [-0.2, 0) is 17.8 Å². The fraction of sp³-hybridized carbons (Fsp3) is 0.190. The fourth-order valence-electron chi connectivity index (χ4n) is 2.68.